The normalized spacial score (nSPS) is 9.23. The number of benzene rings is 1. The van der Waals surface area contributed by atoms with Gasteiger partial charge in [0.2, 0.25) is 0 Å². The molecule has 0 unspecified atom stereocenters. The number of nitrogens with zero attached hydrogens (tertiary/aromatic N) is 1. The number of rotatable bonds is 4. The van der Waals surface area contributed by atoms with Crippen molar-refractivity contribution in [1.29, 1.82) is 5.26 Å². The van der Waals surface area contributed by atoms with Gasteiger partial charge in [-0.25, -0.2) is 0 Å². The first kappa shape index (κ1) is 9.60. The molecule has 1 rings (SSSR count). The highest BCUT2D eigenvalue weighted by Crippen LogP contribution is 2.15. The van der Waals surface area contributed by atoms with Crippen LogP contribution in [0, 0.1) is 11.3 Å². The molecule has 0 aliphatic carbocycles. The maximum Gasteiger partial charge on any atom is 0.103 e. The highest BCUT2D eigenvalue weighted by molar-refractivity contribution is 5.51. The number of anilines is 1. The van der Waals surface area contributed by atoms with Crippen LogP contribution in [0.2, 0.25) is 0 Å². The first-order valence-corrected chi connectivity index (χ1v) is 4.57. The Hall–Kier alpha value is -1.49. The molecule has 0 bridgehead atoms. The summed E-state index contributed by atoms with van der Waals surface area (Å²) >= 11 is 0. The van der Waals surface area contributed by atoms with Crippen molar-refractivity contribution in [3.05, 3.63) is 29.8 Å². The van der Waals surface area contributed by atoms with E-state index in [4.69, 9.17) is 5.26 Å². The first-order chi connectivity index (χ1) is 6.38. The molecular formula is C11H14N2. The van der Waals surface area contributed by atoms with Crippen LogP contribution in [0.25, 0.3) is 0 Å². The van der Waals surface area contributed by atoms with Gasteiger partial charge in [0.15, 0.2) is 0 Å². The molecule has 0 spiro atoms. The van der Waals surface area contributed by atoms with Crippen molar-refractivity contribution in [3.63, 3.8) is 0 Å². The van der Waals surface area contributed by atoms with Gasteiger partial charge in [-0.15, -0.1) is 0 Å². The molecule has 1 N–H and O–H groups in total. The molecule has 0 saturated heterocycles. The Morgan fingerprint density at radius 1 is 1.38 bits per heavy atom. The summed E-state index contributed by atoms with van der Waals surface area (Å²) in [4.78, 5) is 0. The van der Waals surface area contributed by atoms with Crippen LogP contribution in [0.1, 0.15) is 18.9 Å². The van der Waals surface area contributed by atoms with Gasteiger partial charge in [-0.1, -0.05) is 31.5 Å². The molecule has 0 atom stereocenters. The average Bonchev–Trinajstić information content (AvgIpc) is 2.17. The summed E-state index contributed by atoms with van der Waals surface area (Å²) < 4.78 is 0. The largest absolute Gasteiger partial charge is 0.372 e. The van der Waals surface area contributed by atoms with Crippen molar-refractivity contribution in [2.45, 2.75) is 19.8 Å². The standard InChI is InChI=1S/C11H14N2/c1-2-5-10-6-3-4-7-11(10)13-9-8-12/h3-4,6-7,13H,2,5,9H2,1H3. The van der Waals surface area contributed by atoms with E-state index in [0.717, 1.165) is 18.5 Å². The fraction of sp³-hybridized carbons (Fsp3) is 0.364. The number of nitrogens with one attached hydrogen (secondary N) is 1. The van der Waals surface area contributed by atoms with Crippen molar-refractivity contribution in [2.24, 2.45) is 0 Å². The summed E-state index contributed by atoms with van der Waals surface area (Å²) in [5, 5.41) is 11.5. The zero-order valence-corrected chi connectivity index (χ0v) is 7.88. The smallest absolute Gasteiger partial charge is 0.103 e. The third-order valence-corrected chi connectivity index (χ3v) is 1.89. The molecule has 1 aromatic carbocycles. The maximum absolute atomic E-state index is 8.44. The molecule has 0 amide bonds. The molecule has 0 heterocycles. The van der Waals surface area contributed by atoms with Gasteiger partial charge in [-0.05, 0) is 18.1 Å². The lowest BCUT2D eigenvalue weighted by Gasteiger charge is -2.07. The lowest BCUT2D eigenvalue weighted by Crippen LogP contribution is -2.01. The highest BCUT2D eigenvalue weighted by Gasteiger charge is 1.98. The molecule has 2 nitrogen and oxygen atoms in total. The van der Waals surface area contributed by atoms with Crippen LogP contribution in [0.4, 0.5) is 5.69 Å². The topological polar surface area (TPSA) is 35.8 Å². The minimum atomic E-state index is 0.376. The summed E-state index contributed by atoms with van der Waals surface area (Å²) in [6.45, 7) is 2.53. The fourth-order valence-corrected chi connectivity index (χ4v) is 1.31. The van der Waals surface area contributed by atoms with E-state index in [9.17, 15) is 0 Å². The lowest BCUT2D eigenvalue weighted by molar-refractivity contribution is 0.922. The van der Waals surface area contributed by atoms with Crippen LogP contribution in [0.3, 0.4) is 0 Å². The summed E-state index contributed by atoms with van der Waals surface area (Å²) in [5.41, 5.74) is 2.38. The summed E-state index contributed by atoms with van der Waals surface area (Å²) in [5.74, 6) is 0. The second-order valence-electron chi connectivity index (χ2n) is 2.92. The van der Waals surface area contributed by atoms with Crippen LogP contribution in [0.15, 0.2) is 24.3 Å². The monoisotopic (exact) mass is 174 g/mol. The van der Waals surface area contributed by atoms with Gasteiger partial charge in [0, 0.05) is 5.69 Å². The SMILES string of the molecule is CCCc1ccccc1NCC#N. The minimum Gasteiger partial charge on any atom is -0.372 e. The van der Waals surface area contributed by atoms with E-state index in [1.54, 1.807) is 0 Å². The molecule has 2 heteroatoms. The molecule has 1 aromatic rings. The Labute approximate surface area is 79.2 Å². The predicted molar refractivity (Wildman–Crippen MR) is 54.5 cm³/mol. The van der Waals surface area contributed by atoms with Crippen LogP contribution >= 0.6 is 0 Å². The molecule has 0 aliphatic heterocycles. The van der Waals surface area contributed by atoms with E-state index >= 15 is 0 Å². The summed E-state index contributed by atoms with van der Waals surface area (Å²) in [6.07, 6.45) is 2.19. The second kappa shape index (κ2) is 5.21. The maximum atomic E-state index is 8.44. The van der Waals surface area contributed by atoms with Crippen molar-refractivity contribution < 1.29 is 0 Å². The van der Waals surface area contributed by atoms with Crippen LogP contribution in [-0.4, -0.2) is 6.54 Å². The summed E-state index contributed by atoms with van der Waals surface area (Å²) in [6, 6.07) is 10.2. The van der Waals surface area contributed by atoms with Gasteiger partial charge >= 0.3 is 0 Å². The predicted octanol–water partition coefficient (Wildman–Crippen LogP) is 2.57. The van der Waals surface area contributed by atoms with Gasteiger partial charge in [-0.3, -0.25) is 0 Å². The molecular weight excluding hydrogens is 160 g/mol. The molecule has 0 aliphatic rings. The van der Waals surface area contributed by atoms with Crippen molar-refractivity contribution in [1.82, 2.24) is 0 Å². The van der Waals surface area contributed by atoms with Gasteiger partial charge in [-0.2, -0.15) is 5.26 Å². The fourth-order valence-electron chi connectivity index (χ4n) is 1.31. The third-order valence-electron chi connectivity index (χ3n) is 1.89. The minimum absolute atomic E-state index is 0.376. The van der Waals surface area contributed by atoms with E-state index in [2.05, 4.69) is 24.4 Å². The Morgan fingerprint density at radius 2 is 2.15 bits per heavy atom. The van der Waals surface area contributed by atoms with Crippen LogP contribution in [-0.2, 0) is 6.42 Å². The number of para-hydroxylation sites is 1. The molecule has 0 aromatic heterocycles. The first-order valence-electron chi connectivity index (χ1n) is 4.57. The van der Waals surface area contributed by atoms with Gasteiger partial charge in [0.05, 0.1) is 6.07 Å². The molecule has 0 radical (unpaired) electrons. The zero-order chi connectivity index (χ0) is 9.52. The van der Waals surface area contributed by atoms with Crippen molar-refractivity contribution in [3.8, 4) is 6.07 Å². The number of aryl methyl sites for hydroxylation is 1. The van der Waals surface area contributed by atoms with E-state index in [0.29, 0.717) is 6.54 Å². The van der Waals surface area contributed by atoms with Crippen molar-refractivity contribution >= 4 is 5.69 Å². The average molecular weight is 174 g/mol. The Balaban J connectivity index is 2.73. The quantitative estimate of drug-likeness (QED) is 0.712. The Kier molecular flexibility index (Phi) is 3.84. The van der Waals surface area contributed by atoms with E-state index in [1.165, 1.54) is 5.56 Å². The molecule has 0 saturated carbocycles. The highest BCUT2D eigenvalue weighted by atomic mass is 14.9. The second-order valence-corrected chi connectivity index (χ2v) is 2.92. The number of hydrogen-bond donors (Lipinski definition) is 1. The van der Waals surface area contributed by atoms with Crippen molar-refractivity contribution in [2.75, 3.05) is 11.9 Å². The lowest BCUT2D eigenvalue weighted by atomic mass is 10.1. The summed E-state index contributed by atoms with van der Waals surface area (Å²) in [7, 11) is 0. The third kappa shape index (κ3) is 2.79. The Bertz CT molecular complexity index is 299. The van der Waals surface area contributed by atoms with E-state index in [-0.39, 0.29) is 0 Å². The van der Waals surface area contributed by atoms with Gasteiger partial charge in [0.25, 0.3) is 0 Å². The van der Waals surface area contributed by atoms with Gasteiger partial charge < -0.3 is 5.32 Å². The zero-order valence-electron chi connectivity index (χ0n) is 7.88. The molecule has 13 heavy (non-hydrogen) atoms. The number of hydrogen-bond acceptors (Lipinski definition) is 2. The van der Waals surface area contributed by atoms with Gasteiger partial charge in [0.1, 0.15) is 6.54 Å². The Morgan fingerprint density at radius 3 is 2.85 bits per heavy atom. The van der Waals surface area contributed by atoms with Crippen LogP contribution < -0.4 is 5.32 Å². The van der Waals surface area contributed by atoms with E-state index < -0.39 is 0 Å². The van der Waals surface area contributed by atoms with E-state index in [1.807, 2.05) is 18.2 Å². The molecule has 0 fully saturated rings. The van der Waals surface area contributed by atoms with Crippen LogP contribution in [0.5, 0.6) is 0 Å². The number of nitriles is 1. The molecule has 68 valence electrons.